The van der Waals surface area contributed by atoms with Crippen LogP contribution in [0.15, 0.2) is 46.9 Å². The van der Waals surface area contributed by atoms with Gasteiger partial charge in [-0.1, -0.05) is 36.7 Å². The molecule has 1 unspecified atom stereocenters. The number of nitrogens with one attached hydrogen (secondary N) is 1. The van der Waals surface area contributed by atoms with E-state index in [2.05, 4.69) is 40.3 Å². The molecular weight excluding hydrogens is 353 g/mol. The van der Waals surface area contributed by atoms with Crippen molar-refractivity contribution in [3.05, 3.63) is 68.9 Å². The molecule has 0 aliphatic carbocycles. The number of halogens is 3. The lowest BCUT2D eigenvalue weighted by molar-refractivity contribution is 0.591. The summed E-state index contributed by atoms with van der Waals surface area (Å²) >= 11 is 9.20. The molecule has 1 N–H and O–H groups in total. The summed E-state index contributed by atoms with van der Waals surface area (Å²) in [5.41, 5.74) is 2.35. The fraction of sp³-hybridized carbons (Fsp3) is 0.294. The monoisotopic (exact) mass is 369 g/mol. The van der Waals surface area contributed by atoms with Crippen LogP contribution < -0.4 is 5.32 Å². The van der Waals surface area contributed by atoms with Crippen LogP contribution in [0.2, 0.25) is 5.02 Å². The zero-order valence-corrected chi connectivity index (χ0v) is 14.2. The lowest BCUT2D eigenvalue weighted by atomic mass is 9.92. The van der Waals surface area contributed by atoms with Crippen LogP contribution >= 0.6 is 27.5 Å². The second-order valence-corrected chi connectivity index (χ2v) is 6.30. The van der Waals surface area contributed by atoms with E-state index < -0.39 is 0 Å². The van der Waals surface area contributed by atoms with Crippen LogP contribution in [0.4, 0.5) is 4.39 Å². The highest BCUT2D eigenvalue weighted by Gasteiger charge is 2.13. The topological polar surface area (TPSA) is 12.0 Å². The van der Waals surface area contributed by atoms with Gasteiger partial charge in [0.05, 0.1) is 4.47 Å². The van der Waals surface area contributed by atoms with Gasteiger partial charge in [-0.2, -0.15) is 0 Å². The van der Waals surface area contributed by atoms with Crippen molar-refractivity contribution in [2.24, 2.45) is 0 Å². The second-order valence-electron chi connectivity index (χ2n) is 5.01. The summed E-state index contributed by atoms with van der Waals surface area (Å²) in [5.74, 6) is 0.105. The first kappa shape index (κ1) is 16.5. The standard InChI is InChI=1S/C17H18BrClFN/c1-2-21-11-14(13-4-6-15(19)7-5-13)9-12-3-8-17(20)16(18)10-12/h3-8,10,14,21H,2,9,11H2,1H3. The molecule has 0 saturated heterocycles. The van der Waals surface area contributed by atoms with Gasteiger partial charge in [0.1, 0.15) is 5.82 Å². The molecule has 2 aromatic carbocycles. The van der Waals surface area contributed by atoms with E-state index in [9.17, 15) is 4.39 Å². The summed E-state index contributed by atoms with van der Waals surface area (Å²) in [4.78, 5) is 0. The Bertz CT molecular complexity index is 586. The number of hydrogen-bond acceptors (Lipinski definition) is 1. The van der Waals surface area contributed by atoms with Crippen LogP contribution in [0.5, 0.6) is 0 Å². The predicted octanol–water partition coefficient (Wildman–Crippen LogP) is 5.18. The van der Waals surface area contributed by atoms with Crippen LogP contribution in [0, 0.1) is 5.82 Å². The SMILES string of the molecule is CCNCC(Cc1ccc(F)c(Br)c1)c1ccc(Cl)cc1. The van der Waals surface area contributed by atoms with Crippen molar-refractivity contribution < 1.29 is 4.39 Å². The second kappa shape index (κ2) is 7.92. The van der Waals surface area contributed by atoms with E-state index in [1.807, 2.05) is 24.3 Å². The maximum absolute atomic E-state index is 13.3. The van der Waals surface area contributed by atoms with E-state index in [4.69, 9.17) is 11.6 Å². The molecule has 0 aliphatic heterocycles. The zero-order valence-electron chi connectivity index (χ0n) is 11.9. The molecular formula is C17H18BrClFN. The van der Waals surface area contributed by atoms with E-state index in [1.54, 1.807) is 0 Å². The lowest BCUT2D eigenvalue weighted by Gasteiger charge is -2.18. The largest absolute Gasteiger partial charge is 0.316 e. The van der Waals surface area contributed by atoms with Crippen LogP contribution in [-0.4, -0.2) is 13.1 Å². The molecule has 2 rings (SSSR count). The van der Waals surface area contributed by atoms with E-state index in [0.717, 1.165) is 30.1 Å². The molecule has 21 heavy (non-hydrogen) atoms. The maximum atomic E-state index is 13.3. The molecule has 0 heterocycles. The first-order valence-corrected chi connectivity index (χ1v) is 8.17. The van der Waals surface area contributed by atoms with Gasteiger partial charge in [0.2, 0.25) is 0 Å². The van der Waals surface area contributed by atoms with Gasteiger partial charge in [0, 0.05) is 17.5 Å². The van der Waals surface area contributed by atoms with E-state index in [0.29, 0.717) is 10.4 Å². The Kier molecular flexibility index (Phi) is 6.22. The molecule has 0 saturated carbocycles. The van der Waals surface area contributed by atoms with Gasteiger partial charge >= 0.3 is 0 Å². The number of likely N-dealkylation sites (N-methyl/N-ethyl adjacent to an activating group) is 1. The van der Waals surface area contributed by atoms with Crippen molar-refractivity contribution in [1.29, 1.82) is 0 Å². The smallest absolute Gasteiger partial charge is 0.137 e. The summed E-state index contributed by atoms with van der Waals surface area (Å²) in [7, 11) is 0. The molecule has 0 radical (unpaired) electrons. The van der Waals surface area contributed by atoms with E-state index >= 15 is 0 Å². The number of hydrogen-bond donors (Lipinski definition) is 1. The molecule has 1 atom stereocenters. The molecule has 0 fully saturated rings. The third-order valence-electron chi connectivity index (χ3n) is 3.45. The average molecular weight is 371 g/mol. The van der Waals surface area contributed by atoms with Gasteiger partial charge in [-0.15, -0.1) is 0 Å². The Morgan fingerprint density at radius 3 is 2.52 bits per heavy atom. The highest BCUT2D eigenvalue weighted by Crippen LogP contribution is 2.25. The van der Waals surface area contributed by atoms with Crippen molar-refractivity contribution in [2.45, 2.75) is 19.3 Å². The summed E-state index contributed by atoms with van der Waals surface area (Å²) in [5, 5.41) is 4.13. The van der Waals surface area contributed by atoms with Crippen molar-refractivity contribution in [3.63, 3.8) is 0 Å². The molecule has 4 heteroatoms. The fourth-order valence-corrected chi connectivity index (χ4v) is 2.86. The van der Waals surface area contributed by atoms with Crippen LogP contribution in [0.25, 0.3) is 0 Å². The van der Waals surface area contributed by atoms with Gasteiger partial charge < -0.3 is 5.32 Å². The third kappa shape index (κ3) is 4.80. The minimum absolute atomic E-state index is 0.228. The lowest BCUT2D eigenvalue weighted by Crippen LogP contribution is -2.22. The number of benzene rings is 2. The quantitative estimate of drug-likeness (QED) is 0.739. The predicted molar refractivity (Wildman–Crippen MR) is 90.5 cm³/mol. The van der Waals surface area contributed by atoms with Crippen molar-refractivity contribution >= 4 is 27.5 Å². The van der Waals surface area contributed by atoms with Gasteiger partial charge in [0.25, 0.3) is 0 Å². The maximum Gasteiger partial charge on any atom is 0.137 e. The third-order valence-corrected chi connectivity index (χ3v) is 4.31. The normalized spacial score (nSPS) is 12.4. The van der Waals surface area contributed by atoms with Gasteiger partial charge in [-0.3, -0.25) is 0 Å². The minimum atomic E-state index is -0.228. The minimum Gasteiger partial charge on any atom is -0.316 e. The van der Waals surface area contributed by atoms with Crippen LogP contribution in [0.3, 0.4) is 0 Å². The molecule has 0 aromatic heterocycles. The first-order chi connectivity index (χ1) is 10.1. The van der Waals surface area contributed by atoms with Gasteiger partial charge in [-0.05, 0) is 64.3 Å². The molecule has 0 spiro atoms. The average Bonchev–Trinajstić information content (AvgIpc) is 2.48. The Morgan fingerprint density at radius 1 is 1.19 bits per heavy atom. The number of rotatable bonds is 6. The molecule has 0 aliphatic rings. The fourth-order valence-electron chi connectivity index (χ4n) is 2.31. The molecule has 112 valence electrons. The van der Waals surface area contributed by atoms with Crippen LogP contribution in [0.1, 0.15) is 24.0 Å². The van der Waals surface area contributed by atoms with Crippen molar-refractivity contribution in [1.82, 2.24) is 5.32 Å². The van der Waals surface area contributed by atoms with Crippen molar-refractivity contribution in [2.75, 3.05) is 13.1 Å². The zero-order chi connectivity index (χ0) is 15.2. The summed E-state index contributed by atoms with van der Waals surface area (Å²) in [6, 6.07) is 13.1. The molecule has 0 bridgehead atoms. The Labute approximate surface area is 138 Å². The first-order valence-electron chi connectivity index (χ1n) is 7.00. The van der Waals surface area contributed by atoms with Crippen molar-refractivity contribution in [3.8, 4) is 0 Å². The van der Waals surface area contributed by atoms with Gasteiger partial charge in [-0.25, -0.2) is 4.39 Å². The molecule has 1 nitrogen and oxygen atoms in total. The Hall–Kier alpha value is -0.900. The highest BCUT2D eigenvalue weighted by molar-refractivity contribution is 9.10. The van der Waals surface area contributed by atoms with E-state index in [-0.39, 0.29) is 5.82 Å². The summed E-state index contributed by atoms with van der Waals surface area (Å²) in [6.07, 6.45) is 0.855. The van der Waals surface area contributed by atoms with E-state index in [1.165, 1.54) is 11.6 Å². The summed E-state index contributed by atoms with van der Waals surface area (Å²) < 4.78 is 13.8. The molecule has 0 amide bonds. The van der Waals surface area contributed by atoms with Gasteiger partial charge in [0.15, 0.2) is 0 Å². The Balaban J connectivity index is 2.19. The van der Waals surface area contributed by atoms with Crippen LogP contribution in [-0.2, 0) is 6.42 Å². The Morgan fingerprint density at radius 2 is 1.90 bits per heavy atom. The molecule has 2 aromatic rings. The highest BCUT2D eigenvalue weighted by atomic mass is 79.9. The summed E-state index contributed by atoms with van der Waals surface area (Å²) in [6.45, 7) is 3.90.